The van der Waals surface area contributed by atoms with E-state index in [4.69, 9.17) is 4.74 Å². The van der Waals surface area contributed by atoms with Crippen LogP contribution in [0.15, 0.2) is 41.4 Å². The van der Waals surface area contributed by atoms with E-state index in [1.54, 1.807) is 0 Å². The first-order chi connectivity index (χ1) is 17.8. The highest BCUT2D eigenvalue weighted by molar-refractivity contribution is 5.98. The number of hydroxylamine groups is 2. The molecule has 0 aromatic heterocycles. The van der Waals surface area contributed by atoms with Gasteiger partial charge in [-0.05, 0) is 75.5 Å². The van der Waals surface area contributed by atoms with Gasteiger partial charge in [-0.1, -0.05) is 12.1 Å². The molecule has 2 heterocycles. The smallest absolute Gasteiger partial charge is 0.195 e. The summed E-state index contributed by atoms with van der Waals surface area (Å²) in [4.78, 5) is 9.09. The lowest BCUT2D eigenvalue weighted by Crippen LogP contribution is -2.44. The molecule has 9 heteroatoms. The lowest BCUT2D eigenvalue weighted by molar-refractivity contribution is 0.0136. The molecule has 2 aliphatic heterocycles. The third kappa shape index (κ3) is 7.24. The molecule has 2 fully saturated rings. The molecule has 2 aliphatic rings. The van der Waals surface area contributed by atoms with Gasteiger partial charge in [0.15, 0.2) is 23.3 Å². The molecule has 1 N–H and O–H groups in total. The number of halogens is 3. The first-order valence-corrected chi connectivity index (χ1v) is 13.1. The third-order valence-corrected chi connectivity index (χ3v) is 7.33. The number of piperidine rings is 1. The van der Waals surface area contributed by atoms with E-state index in [1.807, 2.05) is 6.07 Å². The van der Waals surface area contributed by atoms with Gasteiger partial charge < -0.3 is 4.74 Å². The van der Waals surface area contributed by atoms with Gasteiger partial charge in [-0.2, -0.15) is 0 Å². The molecule has 2 saturated heterocycles. The molecule has 2 aromatic rings. The predicted molar refractivity (Wildman–Crippen MR) is 137 cm³/mol. The van der Waals surface area contributed by atoms with Crippen molar-refractivity contribution in [1.29, 1.82) is 0 Å². The zero-order chi connectivity index (χ0) is 26.4. The Balaban J connectivity index is 1.31. The average Bonchev–Trinajstić information content (AvgIpc) is 3.39. The molecule has 4 rings (SSSR count). The summed E-state index contributed by atoms with van der Waals surface area (Å²) in [6.45, 7) is 7.79. The van der Waals surface area contributed by atoms with Crippen LogP contribution in [-0.4, -0.2) is 78.3 Å². The topological polar surface area (TPSA) is 51.5 Å². The summed E-state index contributed by atoms with van der Waals surface area (Å²) in [6.07, 6.45) is 4.64. The molecule has 0 spiro atoms. The molecule has 6 nitrogen and oxygen atoms in total. The van der Waals surface area contributed by atoms with Gasteiger partial charge in [-0.25, -0.2) is 18.2 Å². The Bertz CT molecular complexity index is 1080. The van der Waals surface area contributed by atoms with Crippen molar-refractivity contribution in [2.45, 2.75) is 45.2 Å². The number of likely N-dealkylation sites (tertiary alicyclic amines) is 2. The minimum atomic E-state index is -1.58. The van der Waals surface area contributed by atoms with Gasteiger partial charge in [0.05, 0.1) is 18.7 Å². The van der Waals surface area contributed by atoms with Crippen LogP contribution in [0.2, 0.25) is 0 Å². The standard InChI is InChI=1S/C28H37F3N4O2/c1-20-8-9-22(19-37-23-7-5-6-21(16-23)17-34-13-3-4-14-34)18-35(20)15-12-32-28(33(2)36)24-10-11-25(29)27(31)26(24)30/h5-7,10-11,16,20,22,36H,3-4,8-9,12-15,17-19H2,1-2H3/t20-,22-/m1/s1. The van der Waals surface area contributed by atoms with Gasteiger partial charge in [0.2, 0.25) is 0 Å². The highest BCUT2D eigenvalue weighted by atomic mass is 19.2. The van der Waals surface area contributed by atoms with E-state index < -0.39 is 17.5 Å². The molecular weight excluding hydrogens is 481 g/mol. The van der Waals surface area contributed by atoms with Crippen LogP contribution >= 0.6 is 0 Å². The highest BCUT2D eigenvalue weighted by Crippen LogP contribution is 2.24. The second-order valence-electron chi connectivity index (χ2n) is 10.2. The van der Waals surface area contributed by atoms with Gasteiger partial charge in [-0.3, -0.25) is 20.0 Å². The largest absolute Gasteiger partial charge is 0.493 e. The van der Waals surface area contributed by atoms with E-state index in [2.05, 4.69) is 39.9 Å². The van der Waals surface area contributed by atoms with Gasteiger partial charge >= 0.3 is 0 Å². The van der Waals surface area contributed by atoms with Gasteiger partial charge in [0, 0.05) is 38.6 Å². The Morgan fingerprint density at radius 2 is 1.89 bits per heavy atom. The fourth-order valence-electron chi connectivity index (χ4n) is 5.20. The number of hydrogen-bond donors (Lipinski definition) is 1. The fourth-order valence-corrected chi connectivity index (χ4v) is 5.20. The van der Waals surface area contributed by atoms with Crippen LogP contribution in [0, 0.1) is 23.4 Å². The molecule has 2 atom stereocenters. The molecule has 0 radical (unpaired) electrons. The molecule has 2 aromatic carbocycles. The Morgan fingerprint density at radius 1 is 1.11 bits per heavy atom. The maximum Gasteiger partial charge on any atom is 0.195 e. The first kappa shape index (κ1) is 27.4. The van der Waals surface area contributed by atoms with Crippen LogP contribution in [0.4, 0.5) is 13.2 Å². The number of hydrogen-bond acceptors (Lipinski definition) is 5. The molecule has 202 valence electrons. The van der Waals surface area contributed by atoms with E-state index >= 15 is 0 Å². The Hall–Kier alpha value is -2.62. The average molecular weight is 519 g/mol. The Kier molecular flexibility index (Phi) is 9.45. The van der Waals surface area contributed by atoms with Crippen LogP contribution in [0.1, 0.15) is 43.7 Å². The number of benzene rings is 2. The molecule has 0 bridgehead atoms. The molecule has 0 saturated carbocycles. The van der Waals surface area contributed by atoms with Crippen molar-refractivity contribution in [3.63, 3.8) is 0 Å². The molecule has 0 amide bonds. The fraction of sp³-hybridized carbons (Fsp3) is 0.536. The van der Waals surface area contributed by atoms with Crippen LogP contribution in [0.25, 0.3) is 0 Å². The van der Waals surface area contributed by atoms with E-state index in [1.165, 1.54) is 25.5 Å². The van der Waals surface area contributed by atoms with Crippen molar-refractivity contribution in [3.8, 4) is 5.75 Å². The summed E-state index contributed by atoms with van der Waals surface area (Å²) in [7, 11) is 1.27. The minimum Gasteiger partial charge on any atom is -0.493 e. The van der Waals surface area contributed by atoms with Crippen molar-refractivity contribution in [2.75, 3.05) is 46.4 Å². The number of aliphatic imine (C=N–C) groups is 1. The van der Waals surface area contributed by atoms with E-state index in [0.29, 0.717) is 30.2 Å². The highest BCUT2D eigenvalue weighted by Gasteiger charge is 2.26. The normalized spacial score (nSPS) is 21.4. The summed E-state index contributed by atoms with van der Waals surface area (Å²) >= 11 is 0. The van der Waals surface area contributed by atoms with Gasteiger partial charge in [0.1, 0.15) is 5.75 Å². The van der Waals surface area contributed by atoms with Crippen molar-refractivity contribution < 1.29 is 23.1 Å². The molecule has 0 aliphatic carbocycles. The van der Waals surface area contributed by atoms with Gasteiger partial charge in [-0.15, -0.1) is 0 Å². The lowest BCUT2D eigenvalue weighted by Gasteiger charge is -2.37. The SMILES string of the molecule is C[C@@H]1CC[C@@H](COc2cccc(CN3CCCC3)c2)CN1CCN=C(c1ccc(F)c(F)c1F)N(C)O. The predicted octanol–water partition coefficient (Wildman–Crippen LogP) is 4.95. The van der Waals surface area contributed by atoms with E-state index in [0.717, 1.165) is 56.9 Å². The first-order valence-electron chi connectivity index (χ1n) is 13.1. The van der Waals surface area contributed by atoms with Crippen LogP contribution < -0.4 is 4.74 Å². The number of nitrogens with zero attached hydrogens (tertiary/aromatic N) is 4. The molecular formula is C28H37F3N4O2. The minimum absolute atomic E-state index is 0.144. The third-order valence-electron chi connectivity index (χ3n) is 7.33. The summed E-state index contributed by atoms with van der Waals surface area (Å²) in [5.74, 6) is -3.11. The van der Waals surface area contributed by atoms with Crippen LogP contribution in [0.3, 0.4) is 0 Å². The van der Waals surface area contributed by atoms with Crippen LogP contribution in [-0.2, 0) is 6.54 Å². The Morgan fingerprint density at radius 3 is 2.65 bits per heavy atom. The molecule has 0 unspecified atom stereocenters. The lowest BCUT2D eigenvalue weighted by atomic mass is 9.94. The van der Waals surface area contributed by atoms with Crippen molar-refractivity contribution >= 4 is 5.84 Å². The quantitative estimate of drug-likeness (QED) is 0.220. The second-order valence-corrected chi connectivity index (χ2v) is 10.2. The van der Waals surface area contributed by atoms with E-state index in [9.17, 15) is 18.4 Å². The second kappa shape index (κ2) is 12.8. The maximum absolute atomic E-state index is 14.3. The van der Waals surface area contributed by atoms with Gasteiger partial charge in [0.25, 0.3) is 0 Å². The summed E-state index contributed by atoms with van der Waals surface area (Å²) < 4.78 is 47.5. The maximum atomic E-state index is 14.3. The molecule has 37 heavy (non-hydrogen) atoms. The Labute approximate surface area is 217 Å². The van der Waals surface area contributed by atoms with Crippen LogP contribution in [0.5, 0.6) is 5.75 Å². The number of rotatable bonds is 9. The van der Waals surface area contributed by atoms with Crippen molar-refractivity contribution in [1.82, 2.24) is 14.9 Å². The van der Waals surface area contributed by atoms with Crippen molar-refractivity contribution in [2.24, 2.45) is 10.9 Å². The zero-order valence-electron chi connectivity index (χ0n) is 21.7. The number of amidine groups is 1. The van der Waals surface area contributed by atoms with Crippen molar-refractivity contribution in [3.05, 3.63) is 65.0 Å². The van der Waals surface area contributed by atoms with E-state index in [-0.39, 0.29) is 17.9 Å². The summed E-state index contributed by atoms with van der Waals surface area (Å²) in [6, 6.07) is 10.6. The summed E-state index contributed by atoms with van der Waals surface area (Å²) in [5, 5.41) is 10.6. The zero-order valence-corrected chi connectivity index (χ0v) is 21.7. The summed E-state index contributed by atoms with van der Waals surface area (Å²) in [5.41, 5.74) is 0.993. The number of ether oxygens (including phenoxy) is 1. The monoisotopic (exact) mass is 518 g/mol.